The number of thiazole rings is 1. The number of pyridine rings is 1. The number of nitrogens with zero attached hydrogens (tertiary/aromatic N) is 4. The van der Waals surface area contributed by atoms with E-state index in [1.807, 2.05) is 29.8 Å². The van der Waals surface area contributed by atoms with Gasteiger partial charge in [-0.25, -0.2) is 9.97 Å². The number of benzene rings is 1. The molecule has 1 unspecified atom stereocenters. The molecule has 0 spiro atoms. The summed E-state index contributed by atoms with van der Waals surface area (Å²) >= 11 is 1.55. The zero-order valence-corrected chi connectivity index (χ0v) is 19.8. The molecule has 32 heavy (non-hydrogen) atoms. The van der Waals surface area contributed by atoms with E-state index in [1.54, 1.807) is 11.3 Å². The Balaban J connectivity index is 1.50. The maximum Gasteiger partial charge on any atom is 0.187 e. The number of rotatable bonds is 7. The maximum absolute atomic E-state index is 9.79. The molecule has 4 rings (SSSR count). The number of aliphatic hydroxyl groups is 1. The van der Waals surface area contributed by atoms with E-state index >= 15 is 0 Å². The van der Waals surface area contributed by atoms with Crippen LogP contribution in [0.2, 0.25) is 0 Å². The Bertz CT molecular complexity index is 1030. The molecule has 8 heteroatoms. The molecule has 1 aromatic carbocycles. The first-order valence-corrected chi connectivity index (χ1v) is 12.0. The zero-order chi connectivity index (χ0) is 22.7. The molecule has 0 bridgehead atoms. The summed E-state index contributed by atoms with van der Waals surface area (Å²) < 4.78 is 0. The first-order valence-electron chi connectivity index (χ1n) is 11.1. The van der Waals surface area contributed by atoms with Crippen LogP contribution in [0.3, 0.4) is 0 Å². The molecule has 0 amide bonds. The molecular formula is C24H32N6OS. The molecule has 7 nitrogen and oxygen atoms in total. The third-order valence-electron chi connectivity index (χ3n) is 5.72. The van der Waals surface area contributed by atoms with Crippen molar-refractivity contribution in [1.82, 2.24) is 14.9 Å². The quantitative estimate of drug-likeness (QED) is 0.469. The zero-order valence-electron chi connectivity index (χ0n) is 19.0. The summed E-state index contributed by atoms with van der Waals surface area (Å²) in [4.78, 5) is 14.1. The van der Waals surface area contributed by atoms with Crippen LogP contribution >= 0.6 is 11.3 Å². The summed E-state index contributed by atoms with van der Waals surface area (Å²) in [5, 5.41) is 16.1. The smallest absolute Gasteiger partial charge is 0.187 e. The van der Waals surface area contributed by atoms with Crippen molar-refractivity contribution in [3.8, 4) is 11.3 Å². The summed E-state index contributed by atoms with van der Waals surface area (Å²) in [6.45, 7) is 8.51. The number of anilines is 3. The molecule has 3 heterocycles. The standard InChI is InChI=1S/C24H32N6OS/c1-16(2)12-17-4-5-18(23(25)31)13-20(17)27-24-28-21(15-32-24)19-6-7-22(26-14-19)30-10-8-29(3)9-11-30/h4-7,13-16,23,31H,8-12,25H2,1-3H3,(H,27,28). The lowest BCUT2D eigenvalue weighted by molar-refractivity contribution is 0.186. The molecule has 0 saturated carbocycles. The SMILES string of the molecule is CC(C)Cc1ccc(C(N)O)cc1Nc1nc(-c2ccc(N3CCN(C)CC3)nc2)cs1. The molecule has 0 aliphatic carbocycles. The van der Waals surface area contributed by atoms with Gasteiger partial charge in [-0.3, -0.25) is 0 Å². The van der Waals surface area contributed by atoms with Gasteiger partial charge in [0.15, 0.2) is 5.13 Å². The van der Waals surface area contributed by atoms with Crippen molar-refractivity contribution in [2.24, 2.45) is 11.7 Å². The Morgan fingerprint density at radius 1 is 1.16 bits per heavy atom. The van der Waals surface area contributed by atoms with E-state index in [2.05, 4.69) is 53.1 Å². The van der Waals surface area contributed by atoms with Crippen molar-refractivity contribution < 1.29 is 5.11 Å². The van der Waals surface area contributed by atoms with Gasteiger partial charge in [0.25, 0.3) is 0 Å². The predicted molar refractivity (Wildman–Crippen MR) is 132 cm³/mol. The fourth-order valence-electron chi connectivity index (χ4n) is 3.85. The van der Waals surface area contributed by atoms with Crippen molar-refractivity contribution in [3.63, 3.8) is 0 Å². The van der Waals surface area contributed by atoms with E-state index in [9.17, 15) is 5.11 Å². The molecule has 1 atom stereocenters. The van der Waals surface area contributed by atoms with Crippen LogP contribution in [0.4, 0.5) is 16.6 Å². The Hall–Kier alpha value is -2.52. The lowest BCUT2D eigenvalue weighted by Crippen LogP contribution is -2.44. The monoisotopic (exact) mass is 452 g/mol. The summed E-state index contributed by atoms with van der Waals surface area (Å²) in [5.74, 6) is 1.53. The number of aliphatic hydroxyl groups excluding tert-OH is 1. The maximum atomic E-state index is 9.79. The van der Waals surface area contributed by atoms with Crippen LogP contribution in [-0.2, 0) is 6.42 Å². The average molecular weight is 453 g/mol. The first kappa shape index (κ1) is 22.7. The Morgan fingerprint density at radius 2 is 1.94 bits per heavy atom. The number of likely N-dealkylation sites (N-methyl/N-ethyl adjacent to an activating group) is 1. The minimum absolute atomic E-state index is 0.515. The fraction of sp³-hybridized carbons (Fsp3) is 0.417. The number of nitrogens with one attached hydrogen (secondary N) is 1. The molecular weight excluding hydrogens is 420 g/mol. The normalized spacial score (nSPS) is 15.9. The van der Waals surface area contributed by atoms with Gasteiger partial charge in [0.05, 0.1) is 5.69 Å². The second-order valence-corrected chi connectivity index (χ2v) is 9.68. The lowest BCUT2D eigenvalue weighted by Gasteiger charge is -2.33. The van der Waals surface area contributed by atoms with E-state index in [0.717, 1.165) is 60.5 Å². The molecule has 1 aliphatic heterocycles. The van der Waals surface area contributed by atoms with Crippen molar-refractivity contribution in [1.29, 1.82) is 0 Å². The van der Waals surface area contributed by atoms with Crippen LogP contribution in [0.15, 0.2) is 41.9 Å². The highest BCUT2D eigenvalue weighted by molar-refractivity contribution is 7.14. The largest absolute Gasteiger partial charge is 0.375 e. The Labute approximate surface area is 193 Å². The van der Waals surface area contributed by atoms with Gasteiger partial charge in [-0.2, -0.15) is 0 Å². The second-order valence-electron chi connectivity index (χ2n) is 8.82. The minimum atomic E-state index is -1.000. The summed E-state index contributed by atoms with van der Waals surface area (Å²) in [5.41, 5.74) is 10.4. The van der Waals surface area contributed by atoms with E-state index in [0.29, 0.717) is 11.5 Å². The molecule has 0 radical (unpaired) electrons. The Kier molecular flexibility index (Phi) is 7.05. The summed E-state index contributed by atoms with van der Waals surface area (Å²) in [6.07, 6.45) is 1.83. The highest BCUT2D eigenvalue weighted by atomic mass is 32.1. The van der Waals surface area contributed by atoms with Gasteiger partial charge in [-0.1, -0.05) is 26.0 Å². The van der Waals surface area contributed by atoms with E-state index in [-0.39, 0.29) is 0 Å². The van der Waals surface area contributed by atoms with E-state index in [4.69, 9.17) is 10.7 Å². The molecule has 1 aliphatic rings. The lowest BCUT2D eigenvalue weighted by atomic mass is 9.99. The molecule has 170 valence electrons. The third-order valence-corrected chi connectivity index (χ3v) is 6.48. The highest BCUT2D eigenvalue weighted by Gasteiger charge is 2.16. The minimum Gasteiger partial charge on any atom is -0.375 e. The Morgan fingerprint density at radius 3 is 2.59 bits per heavy atom. The van der Waals surface area contributed by atoms with E-state index < -0.39 is 6.23 Å². The second kappa shape index (κ2) is 9.95. The number of hydrogen-bond acceptors (Lipinski definition) is 8. The number of aromatic nitrogens is 2. The van der Waals surface area contributed by atoms with Crippen LogP contribution < -0.4 is 16.0 Å². The van der Waals surface area contributed by atoms with Crippen molar-refractivity contribution >= 4 is 28.0 Å². The molecule has 1 saturated heterocycles. The van der Waals surface area contributed by atoms with Gasteiger partial charge in [0.1, 0.15) is 12.0 Å². The summed E-state index contributed by atoms with van der Waals surface area (Å²) in [7, 11) is 2.15. The third kappa shape index (κ3) is 5.45. The molecule has 2 aromatic heterocycles. The van der Waals surface area contributed by atoms with Crippen LogP contribution in [0.1, 0.15) is 31.2 Å². The van der Waals surface area contributed by atoms with Gasteiger partial charge >= 0.3 is 0 Å². The van der Waals surface area contributed by atoms with Crippen LogP contribution in [0.25, 0.3) is 11.3 Å². The van der Waals surface area contributed by atoms with Crippen LogP contribution in [0, 0.1) is 5.92 Å². The number of hydrogen-bond donors (Lipinski definition) is 3. The van der Waals surface area contributed by atoms with Gasteiger partial charge in [-0.05, 0) is 48.7 Å². The van der Waals surface area contributed by atoms with Crippen LogP contribution in [0.5, 0.6) is 0 Å². The van der Waals surface area contributed by atoms with Gasteiger partial charge < -0.3 is 26.0 Å². The van der Waals surface area contributed by atoms with Crippen molar-refractivity contribution in [3.05, 3.63) is 53.0 Å². The summed E-state index contributed by atoms with van der Waals surface area (Å²) in [6, 6.07) is 10.0. The molecule has 1 fully saturated rings. The number of piperazine rings is 1. The topological polar surface area (TPSA) is 90.5 Å². The van der Waals surface area contributed by atoms with Crippen molar-refractivity contribution in [2.75, 3.05) is 43.4 Å². The van der Waals surface area contributed by atoms with Gasteiger partial charge in [0.2, 0.25) is 0 Å². The first-order chi connectivity index (χ1) is 15.4. The van der Waals surface area contributed by atoms with E-state index in [1.165, 1.54) is 5.56 Å². The van der Waals surface area contributed by atoms with Gasteiger partial charge in [-0.15, -0.1) is 11.3 Å². The predicted octanol–water partition coefficient (Wildman–Crippen LogP) is 3.85. The highest BCUT2D eigenvalue weighted by Crippen LogP contribution is 2.31. The average Bonchev–Trinajstić information content (AvgIpc) is 3.24. The van der Waals surface area contributed by atoms with Gasteiger partial charge in [0, 0.05) is 49.0 Å². The van der Waals surface area contributed by atoms with Crippen molar-refractivity contribution in [2.45, 2.75) is 26.5 Å². The van der Waals surface area contributed by atoms with Crippen LogP contribution in [-0.4, -0.2) is 53.2 Å². The molecule has 3 aromatic rings. The molecule has 4 N–H and O–H groups in total. The fourth-order valence-corrected chi connectivity index (χ4v) is 4.58. The number of nitrogens with two attached hydrogens (primary N) is 1.